The third kappa shape index (κ3) is 1.12. The van der Waals surface area contributed by atoms with Crippen LogP contribution >= 0.6 is 0 Å². The molecule has 1 saturated heterocycles. The van der Waals surface area contributed by atoms with Gasteiger partial charge in [0.1, 0.15) is 0 Å². The predicted molar refractivity (Wildman–Crippen MR) is 42.1 cm³/mol. The summed E-state index contributed by atoms with van der Waals surface area (Å²) in [7, 11) is 0. The van der Waals surface area contributed by atoms with Gasteiger partial charge in [-0.1, -0.05) is 18.2 Å². The number of aliphatic hydroxyl groups excluding tert-OH is 1. The number of hydrogen-bond donors (Lipinski definition) is 1. The van der Waals surface area contributed by atoms with Gasteiger partial charge in [0.15, 0.2) is 0 Å². The first kappa shape index (κ1) is 7.07. The second-order valence-electron chi connectivity index (χ2n) is 3.11. The summed E-state index contributed by atoms with van der Waals surface area (Å²) in [6, 6.07) is 0. The Kier molecular flexibility index (Phi) is 1.80. The zero-order valence-electron chi connectivity index (χ0n) is 6.36. The quantitative estimate of drug-likeness (QED) is 0.600. The highest BCUT2D eigenvalue weighted by atomic mass is 16.5. The predicted octanol–water partition coefficient (Wildman–Crippen LogP) is 0.738. The molecule has 60 valence electrons. The molecule has 1 fully saturated rings. The maximum atomic E-state index is 9.00. The minimum atomic E-state index is 0.229. The zero-order chi connectivity index (χ0) is 7.68. The standard InChI is InChI=1S/C9H12O2/c10-4-8-6-11-5-7-2-1-3-9(7)8/h1-3,8-10H,4-6H2. The molecular formula is C9H12O2. The molecule has 2 atom stereocenters. The Balaban J connectivity index is 2.14. The third-order valence-electron chi connectivity index (χ3n) is 2.40. The number of aliphatic hydroxyl groups is 1. The van der Waals surface area contributed by atoms with Gasteiger partial charge in [0.2, 0.25) is 0 Å². The van der Waals surface area contributed by atoms with Gasteiger partial charge in [0.25, 0.3) is 0 Å². The summed E-state index contributed by atoms with van der Waals surface area (Å²) in [6.07, 6.45) is 6.29. The molecule has 0 saturated carbocycles. The minimum absolute atomic E-state index is 0.229. The van der Waals surface area contributed by atoms with E-state index in [0.29, 0.717) is 12.5 Å². The molecule has 1 N–H and O–H groups in total. The maximum Gasteiger partial charge on any atom is 0.0685 e. The van der Waals surface area contributed by atoms with Gasteiger partial charge in [-0.15, -0.1) is 0 Å². The van der Waals surface area contributed by atoms with Gasteiger partial charge >= 0.3 is 0 Å². The Morgan fingerprint density at radius 3 is 3.36 bits per heavy atom. The summed E-state index contributed by atoms with van der Waals surface area (Å²) in [5.74, 6) is 0.738. The summed E-state index contributed by atoms with van der Waals surface area (Å²) >= 11 is 0. The first-order valence-electron chi connectivity index (χ1n) is 3.97. The molecule has 0 aromatic carbocycles. The van der Waals surface area contributed by atoms with Crippen LogP contribution in [0.3, 0.4) is 0 Å². The van der Waals surface area contributed by atoms with E-state index in [4.69, 9.17) is 9.84 Å². The summed E-state index contributed by atoms with van der Waals surface area (Å²) in [6.45, 7) is 1.67. The molecule has 1 heterocycles. The lowest BCUT2D eigenvalue weighted by atomic mass is 9.87. The van der Waals surface area contributed by atoms with Crippen molar-refractivity contribution in [1.29, 1.82) is 0 Å². The van der Waals surface area contributed by atoms with E-state index in [9.17, 15) is 0 Å². The van der Waals surface area contributed by atoms with E-state index in [1.165, 1.54) is 5.57 Å². The van der Waals surface area contributed by atoms with E-state index in [-0.39, 0.29) is 12.5 Å². The molecule has 2 aliphatic rings. The molecule has 2 nitrogen and oxygen atoms in total. The van der Waals surface area contributed by atoms with Crippen molar-refractivity contribution in [2.75, 3.05) is 19.8 Å². The lowest BCUT2D eigenvalue weighted by molar-refractivity contribution is 0.0410. The largest absolute Gasteiger partial charge is 0.396 e. The Bertz CT molecular complexity index is 206. The van der Waals surface area contributed by atoms with Crippen molar-refractivity contribution in [3.05, 3.63) is 23.8 Å². The van der Waals surface area contributed by atoms with Gasteiger partial charge in [0, 0.05) is 18.4 Å². The summed E-state index contributed by atoms with van der Waals surface area (Å²) < 4.78 is 5.32. The third-order valence-corrected chi connectivity index (χ3v) is 2.40. The van der Waals surface area contributed by atoms with E-state index in [2.05, 4.69) is 18.2 Å². The summed E-state index contributed by atoms with van der Waals surface area (Å²) in [4.78, 5) is 0. The second kappa shape index (κ2) is 2.80. The SMILES string of the molecule is OCC1COCC2=CC=CC21. The number of fused-ring (bicyclic) bond motifs is 1. The molecule has 0 amide bonds. The molecule has 0 spiro atoms. The fourth-order valence-corrected chi connectivity index (χ4v) is 1.74. The average molecular weight is 152 g/mol. The molecule has 0 bridgehead atoms. The minimum Gasteiger partial charge on any atom is -0.396 e. The van der Waals surface area contributed by atoms with Crippen molar-refractivity contribution in [3.63, 3.8) is 0 Å². The molecular weight excluding hydrogens is 140 g/mol. The lowest BCUT2D eigenvalue weighted by Crippen LogP contribution is -2.29. The molecule has 0 aromatic heterocycles. The van der Waals surface area contributed by atoms with Crippen LogP contribution in [-0.2, 0) is 4.74 Å². The van der Waals surface area contributed by atoms with Gasteiger partial charge < -0.3 is 9.84 Å². The number of allylic oxidation sites excluding steroid dienone is 3. The van der Waals surface area contributed by atoms with Gasteiger partial charge in [0.05, 0.1) is 13.2 Å². The van der Waals surface area contributed by atoms with E-state index in [1.807, 2.05) is 0 Å². The van der Waals surface area contributed by atoms with Crippen molar-refractivity contribution >= 4 is 0 Å². The first-order chi connectivity index (χ1) is 5.42. The molecule has 1 aliphatic heterocycles. The highest BCUT2D eigenvalue weighted by Gasteiger charge is 2.28. The number of rotatable bonds is 1. The Hall–Kier alpha value is -0.600. The van der Waals surface area contributed by atoms with Crippen LogP contribution in [0.5, 0.6) is 0 Å². The summed E-state index contributed by atoms with van der Waals surface area (Å²) in [5, 5.41) is 9.00. The van der Waals surface area contributed by atoms with E-state index in [1.54, 1.807) is 0 Å². The second-order valence-corrected chi connectivity index (χ2v) is 3.11. The molecule has 0 radical (unpaired) electrons. The van der Waals surface area contributed by atoms with Gasteiger partial charge in [-0.05, 0) is 5.57 Å². The summed E-state index contributed by atoms with van der Waals surface area (Å²) in [5.41, 5.74) is 1.32. The van der Waals surface area contributed by atoms with Crippen LogP contribution in [0.1, 0.15) is 0 Å². The Labute approximate surface area is 66.2 Å². The maximum absolute atomic E-state index is 9.00. The Morgan fingerprint density at radius 2 is 2.55 bits per heavy atom. The monoisotopic (exact) mass is 152 g/mol. The molecule has 2 heteroatoms. The number of hydrogen-bond acceptors (Lipinski definition) is 2. The van der Waals surface area contributed by atoms with Crippen molar-refractivity contribution < 1.29 is 9.84 Å². The van der Waals surface area contributed by atoms with Crippen LogP contribution in [0.25, 0.3) is 0 Å². The van der Waals surface area contributed by atoms with Crippen LogP contribution in [0.2, 0.25) is 0 Å². The fraction of sp³-hybridized carbons (Fsp3) is 0.556. The first-order valence-corrected chi connectivity index (χ1v) is 3.97. The van der Waals surface area contributed by atoms with Crippen molar-refractivity contribution in [2.45, 2.75) is 0 Å². The smallest absolute Gasteiger partial charge is 0.0685 e. The topological polar surface area (TPSA) is 29.5 Å². The van der Waals surface area contributed by atoms with Crippen LogP contribution in [0.4, 0.5) is 0 Å². The van der Waals surface area contributed by atoms with Crippen molar-refractivity contribution in [3.8, 4) is 0 Å². The number of ether oxygens (including phenoxy) is 1. The molecule has 1 aliphatic carbocycles. The van der Waals surface area contributed by atoms with Crippen LogP contribution in [-0.4, -0.2) is 24.9 Å². The van der Waals surface area contributed by atoms with Crippen molar-refractivity contribution in [1.82, 2.24) is 0 Å². The van der Waals surface area contributed by atoms with E-state index < -0.39 is 0 Å². The molecule has 2 rings (SSSR count). The van der Waals surface area contributed by atoms with E-state index >= 15 is 0 Å². The molecule has 0 aromatic rings. The van der Waals surface area contributed by atoms with E-state index in [0.717, 1.165) is 6.61 Å². The zero-order valence-corrected chi connectivity index (χ0v) is 6.36. The fourth-order valence-electron chi connectivity index (χ4n) is 1.74. The van der Waals surface area contributed by atoms with Crippen LogP contribution < -0.4 is 0 Å². The van der Waals surface area contributed by atoms with Crippen molar-refractivity contribution in [2.24, 2.45) is 11.8 Å². The molecule has 2 unspecified atom stereocenters. The Morgan fingerprint density at radius 1 is 1.64 bits per heavy atom. The van der Waals surface area contributed by atoms with Gasteiger partial charge in [-0.2, -0.15) is 0 Å². The van der Waals surface area contributed by atoms with Gasteiger partial charge in [-0.3, -0.25) is 0 Å². The normalized spacial score (nSPS) is 35.2. The van der Waals surface area contributed by atoms with Crippen LogP contribution in [0, 0.1) is 11.8 Å². The average Bonchev–Trinajstić information content (AvgIpc) is 2.50. The highest BCUT2D eigenvalue weighted by Crippen LogP contribution is 2.30. The molecule has 11 heavy (non-hydrogen) atoms. The lowest BCUT2D eigenvalue weighted by Gasteiger charge is -2.28. The van der Waals surface area contributed by atoms with Crippen LogP contribution in [0.15, 0.2) is 23.8 Å². The van der Waals surface area contributed by atoms with Gasteiger partial charge in [-0.25, -0.2) is 0 Å². The highest BCUT2D eigenvalue weighted by molar-refractivity contribution is 5.29.